The normalized spacial score (nSPS) is 12.5. The van der Waals surface area contributed by atoms with Crippen LogP contribution >= 0.6 is 11.6 Å². The van der Waals surface area contributed by atoms with E-state index in [0.29, 0.717) is 5.56 Å². The summed E-state index contributed by atoms with van der Waals surface area (Å²) in [5.41, 5.74) is 1.40. The number of hydrogen-bond donors (Lipinski definition) is 1. The van der Waals surface area contributed by atoms with Crippen LogP contribution in [0.5, 0.6) is 0 Å². The fourth-order valence-electron chi connectivity index (χ4n) is 1.68. The van der Waals surface area contributed by atoms with E-state index in [1.165, 1.54) is 0 Å². The van der Waals surface area contributed by atoms with Gasteiger partial charge in [-0.05, 0) is 24.6 Å². The van der Waals surface area contributed by atoms with Gasteiger partial charge in [0.05, 0.1) is 5.02 Å². The first-order valence-corrected chi connectivity index (χ1v) is 5.76. The zero-order chi connectivity index (χ0) is 13.3. The van der Waals surface area contributed by atoms with Crippen LogP contribution < -0.4 is 0 Å². The lowest BCUT2D eigenvalue weighted by Crippen LogP contribution is -2.03. The van der Waals surface area contributed by atoms with Crippen LogP contribution in [0, 0.1) is 18.6 Å². The van der Waals surface area contributed by atoms with Crippen molar-refractivity contribution < 1.29 is 13.9 Å². The predicted molar refractivity (Wildman–Crippen MR) is 66.6 cm³/mol. The third-order valence-electron chi connectivity index (χ3n) is 2.73. The van der Waals surface area contributed by atoms with Crippen molar-refractivity contribution in [2.75, 3.05) is 0 Å². The Hall–Kier alpha value is -1.45. The van der Waals surface area contributed by atoms with E-state index < -0.39 is 17.7 Å². The Bertz CT molecular complexity index is 567. The van der Waals surface area contributed by atoms with Crippen molar-refractivity contribution in [3.63, 3.8) is 0 Å². The van der Waals surface area contributed by atoms with Crippen LogP contribution in [0.1, 0.15) is 22.8 Å². The van der Waals surface area contributed by atoms with E-state index in [0.717, 1.165) is 17.7 Å². The highest BCUT2D eigenvalue weighted by atomic mass is 35.5. The smallest absolute Gasteiger partial charge is 0.142 e. The number of benzene rings is 2. The molecule has 1 N–H and O–H groups in total. The van der Waals surface area contributed by atoms with Gasteiger partial charge in [0.1, 0.15) is 17.7 Å². The molecule has 0 bridgehead atoms. The number of aliphatic hydroxyl groups is 1. The quantitative estimate of drug-likeness (QED) is 0.816. The van der Waals surface area contributed by atoms with Crippen LogP contribution in [0.15, 0.2) is 36.4 Å². The summed E-state index contributed by atoms with van der Waals surface area (Å²) in [5, 5.41) is 9.73. The Morgan fingerprint density at radius 2 is 1.67 bits per heavy atom. The number of aryl methyl sites for hydroxylation is 1. The first-order chi connectivity index (χ1) is 8.49. The molecule has 0 aromatic heterocycles. The molecule has 0 aliphatic carbocycles. The topological polar surface area (TPSA) is 20.2 Å². The molecule has 2 aromatic rings. The van der Waals surface area contributed by atoms with E-state index in [1.54, 1.807) is 24.3 Å². The van der Waals surface area contributed by atoms with Gasteiger partial charge in [-0.15, -0.1) is 0 Å². The van der Waals surface area contributed by atoms with Crippen LogP contribution in [0.3, 0.4) is 0 Å². The molecular weight excluding hydrogens is 258 g/mol. The molecule has 1 atom stereocenters. The van der Waals surface area contributed by atoms with E-state index in [2.05, 4.69) is 0 Å². The molecule has 0 aliphatic rings. The van der Waals surface area contributed by atoms with Crippen molar-refractivity contribution >= 4 is 11.6 Å². The third-order valence-corrected chi connectivity index (χ3v) is 3.02. The first-order valence-electron chi connectivity index (χ1n) is 5.38. The van der Waals surface area contributed by atoms with Crippen LogP contribution in [0.25, 0.3) is 0 Å². The second-order valence-corrected chi connectivity index (χ2v) is 4.51. The maximum absolute atomic E-state index is 13.6. The van der Waals surface area contributed by atoms with Crippen molar-refractivity contribution in [3.05, 3.63) is 69.7 Å². The first kappa shape index (κ1) is 13.0. The molecule has 0 saturated heterocycles. The molecule has 2 aromatic carbocycles. The minimum absolute atomic E-state index is 0.124. The molecule has 0 heterocycles. The second kappa shape index (κ2) is 5.04. The van der Waals surface area contributed by atoms with Crippen LogP contribution in [-0.4, -0.2) is 5.11 Å². The van der Waals surface area contributed by atoms with Crippen molar-refractivity contribution in [3.8, 4) is 0 Å². The summed E-state index contributed by atoms with van der Waals surface area (Å²) in [6, 6.07) is 8.72. The Balaban J connectivity index is 2.42. The van der Waals surface area contributed by atoms with Gasteiger partial charge in [-0.3, -0.25) is 0 Å². The molecule has 1 unspecified atom stereocenters. The maximum atomic E-state index is 13.6. The van der Waals surface area contributed by atoms with Gasteiger partial charge in [0.25, 0.3) is 0 Å². The summed E-state index contributed by atoms with van der Waals surface area (Å²) in [7, 11) is 0. The molecule has 0 fully saturated rings. The van der Waals surface area contributed by atoms with Gasteiger partial charge in [0, 0.05) is 5.56 Å². The van der Waals surface area contributed by atoms with Crippen molar-refractivity contribution in [2.24, 2.45) is 0 Å². The molecule has 94 valence electrons. The van der Waals surface area contributed by atoms with Crippen molar-refractivity contribution in [2.45, 2.75) is 13.0 Å². The van der Waals surface area contributed by atoms with Crippen LogP contribution in [-0.2, 0) is 0 Å². The summed E-state index contributed by atoms with van der Waals surface area (Å²) < 4.78 is 26.9. The molecule has 1 nitrogen and oxygen atoms in total. The third kappa shape index (κ3) is 2.52. The molecule has 0 spiro atoms. The summed E-state index contributed by atoms with van der Waals surface area (Å²) in [6.07, 6.45) is -1.21. The van der Waals surface area contributed by atoms with Gasteiger partial charge in [0.15, 0.2) is 0 Å². The van der Waals surface area contributed by atoms with Gasteiger partial charge >= 0.3 is 0 Å². The summed E-state index contributed by atoms with van der Waals surface area (Å²) in [4.78, 5) is 0. The monoisotopic (exact) mass is 268 g/mol. The fourth-order valence-corrected chi connectivity index (χ4v) is 1.83. The van der Waals surface area contributed by atoms with E-state index >= 15 is 0 Å². The van der Waals surface area contributed by atoms with E-state index in [-0.39, 0.29) is 10.6 Å². The second-order valence-electron chi connectivity index (χ2n) is 4.10. The Morgan fingerprint density at radius 1 is 1.06 bits per heavy atom. The highest BCUT2D eigenvalue weighted by molar-refractivity contribution is 6.30. The van der Waals surface area contributed by atoms with Crippen LogP contribution in [0.2, 0.25) is 5.02 Å². The Morgan fingerprint density at radius 3 is 2.28 bits per heavy atom. The summed E-state index contributed by atoms with van der Waals surface area (Å²) in [5.74, 6) is -1.48. The molecule has 4 heteroatoms. The fraction of sp³-hybridized carbons (Fsp3) is 0.143. The average molecular weight is 269 g/mol. The van der Waals surface area contributed by atoms with E-state index in [1.807, 2.05) is 6.92 Å². The lowest BCUT2D eigenvalue weighted by Gasteiger charge is -2.13. The molecule has 0 aliphatic heterocycles. The lowest BCUT2D eigenvalue weighted by atomic mass is 10.00. The minimum Gasteiger partial charge on any atom is -0.384 e. The van der Waals surface area contributed by atoms with Gasteiger partial charge in [0.2, 0.25) is 0 Å². The standard InChI is InChI=1S/C14H11ClF2O/c1-8-2-4-9(5-3-8)14(18)10-6-13(17)11(15)7-12(10)16/h2-7,14,18H,1H3. The number of halogens is 3. The molecule has 2 rings (SSSR count). The van der Waals surface area contributed by atoms with Crippen molar-refractivity contribution in [1.82, 2.24) is 0 Å². The van der Waals surface area contributed by atoms with Gasteiger partial charge in [-0.25, -0.2) is 8.78 Å². The molecule has 18 heavy (non-hydrogen) atoms. The summed E-state index contributed by atoms with van der Waals surface area (Å²) in [6.45, 7) is 1.90. The number of aliphatic hydroxyl groups excluding tert-OH is 1. The molecular formula is C14H11ClF2O. The predicted octanol–water partition coefficient (Wildman–Crippen LogP) is 4.01. The highest BCUT2D eigenvalue weighted by Gasteiger charge is 2.17. The average Bonchev–Trinajstić information content (AvgIpc) is 2.34. The lowest BCUT2D eigenvalue weighted by molar-refractivity contribution is 0.214. The zero-order valence-corrected chi connectivity index (χ0v) is 10.4. The Kier molecular flexibility index (Phi) is 3.64. The largest absolute Gasteiger partial charge is 0.384 e. The minimum atomic E-state index is -1.21. The summed E-state index contributed by atoms with van der Waals surface area (Å²) >= 11 is 5.46. The molecule has 0 saturated carbocycles. The molecule has 0 amide bonds. The molecule has 0 radical (unpaired) electrons. The van der Waals surface area contributed by atoms with E-state index in [4.69, 9.17) is 11.6 Å². The van der Waals surface area contributed by atoms with Crippen molar-refractivity contribution in [1.29, 1.82) is 0 Å². The highest BCUT2D eigenvalue weighted by Crippen LogP contribution is 2.28. The van der Waals surface area contributed by atoms with Gasteiger partial charge in [-0.2, -0.15) is 0 Å². The maximum Gasteiger partial charge on any atom is 0.142 e. The SMILES string of the molecule is Cc1ccc(C(O)c2cc(F)c(Cl)cc2F)cc1. The Labute approximate surface area is 109 Å². The number of hydrogen-bond acceptors (Lipinski definition) is 1. The van der Waals surface area contributed by atoms with Gasteiger partial charge < -0.3 is 5.11 Å². The van der Waals surface area contributed by atoms with Gasteiger partial charge in [-0.1, -0.05) is 41.4 Å². The van der Waals surface area contributed by atoms with Crippen LogP contribution in [0.4, 0.5) is 8.78 Å². The van der Waals surface area contributed by atoms with E-state index in [9.17, 15) is 13.9 Å². The number of rotatable bonds is 2. The zero-order valence-electron chi connectivity index (χ0n) is 9.62.